The van der Waals surface area contributed by atoms with Crippen molar-refractivity contribution in [2.24, 2.45) is 0 Å². The molecule has 0 aliphatic carbocycles. The van der Waals surface area contributed by atoms with Gasteiger partial charge in [-0.1, -0.05) is 61.3 Å². The third-order valence-electron chi connectivity index (χ3n) is 6.31. The molecule has 0 spiro atoms. The minimum atomic E-state index is -4.74. The van der Waals surface area contributed by atoms with E-state index in [1.165, 1.54) is 42.2 Å². The van der Waals surface area contributed by atoms with Gasteiger partial charge in [-0.2, -0.15) is 13.2 Å². The molecule has 220 valence electrons. The molecule has 41 heavy (non-hydrogen) atoms. The molecule has 0 radical (unpaired) electrons. The van der Waals surface area contributed by atoms with Gasteiger partial charge < -0.3 is 10.2 Å². The zero-order valence-electron chi connectivity index (χ0n) is 22.6. The van der Waals surface area contributed by atoms with Crippen molar-refractivity contribution < 1.29 is 31.2 Å². The van der Waals surface area contributed by atoms with Gasteiger partial charge in [0.05, 0.1) is 16.1 Å². The van der Waals surface area contributed by atoms with Crippen molar-refractivity contribution in [3.63, 3.8) is 0 Å². The fourth-order valence-corrected chi connectivity index (χ4v) is 5.68. The lowest BCUT2D eigenvalue weighted by Crippen LogP contribution is -2.51. The maximum atomic E-state index is 13.8. The standard InChI is InChI=1S/C29H31ClF3N3O4S/c1-3-4-16-34-28(38)21(2)35(19-22-10-8-12-24(30)17-22)27(37)20-36(41(39,40)26-14-6-5-7-15-26)25-13-9-11-23(18-25)29(31,32)33/h5-15,17-18,21H,3-4,16,19-20H2,1-2H3,(H,34,38)/t21-/m1/s1. The van der Waals surface area contributed by atoms with Crippen LogP contribution in [0, 0.1) is 0 Å². The molecule has 1 atom stereocenters. The Labute approximate surface area is 243 Å². The maximum absolute atomic E-state index is 13.8. The van der Waals surface area contributed by atoms with Crippen LogP contribution in [0.25, 0.3) is 0 Å². The number of hydrogen-bond acceptors (Lipinski definition) is 4. The average molecular weight is 610 g/mol. The van der Waals surface area contributed by atoms with Crippen LogP contribution in [-0.2, 0) is 32.3 Å². The zero-order valence-corrected chi connectivity index (χ0v) is 24.1. The number of halogens is 4. The van der Waals surface area contributed by atoms with Crippen LogP contribution >= 0.6 is 11.6 Å². The highest BCUT2D eigenvalue weighted by Gasteiger charge is 2.35. The summed E-state index contributed by atoms with van der Waals surface area (Å²) in [7, 11) is -4.49. The number of hydrogen-bond donors (Lipinski definition) is 1. The normalized spacial score (nSPS) is 12.4. The van der Waals surface area contributed by atoms with Crippen LogP contribution in [0.5, 0.6) is 0 Å². The molecule has 3 aromatic rings. The highest BCUT2D eigenvalue weighted by atomic mass is 35.5. The van der Waals surface area contributed by atoms with Gasteiger partial charge in [-0.05, 0) is 61.4 Å². The van der Waals surface area contributed by atoms with Crippen molar-refractivity contribution in [1.82, 2.24) is 10.2 Å². The number of unbranched alkanes of at least 4 members (excludes halogenated alkanes) is 1. The summed E-state index contributed by atoms with van der Waals surface area (Å²) in [4.78, 5) is 27.8. The van der Waals surface area contributed by atoms with Gasteiger partial charge in [0.25, 0.3) is 10.0 Å². The predicted octanol–water partition coefficient (Wildman–Crippen LogP) is 5.89. The van der Waals surface area contributed by atoms with E-state index in [0.29, 0.717) is 27.5 Å². The van der Waals surface area contributed by atoms with Gasteiger partial charge in [0.2, 0.25) is 11.8 Å². The van der Waals surface area contributed by atoms with E-state index in [4.69, 9.17) is 11.6 Å². The summed E-state index contributed by atoms with van der Waals surface area (Å²) < 4.78 is 68.7. The Morgan fingerprint density at radius 2 is 1.66 bits per heavy atom. The molecule has 0 saturated heterocycles. The number of carbonyl (C=O) groups is 2. The first-order valence-corrected chi connectivity index (χ1v) is 14.7. The number of alkyl halides is 3. The molecule has 1 N–H and O–H groups in total. The predicted molar refractivity (Wildman–Crippen MR) is 152 cm³/mol. The first-order chi connectivity index (χ1) is 19.3. The Morgan fingerprint density at radius 3 is 2.29 bits per heavy atom. The van der Waals surface area contributed by atoms with Crippen LogP contribution in [0.1, 0.15) is 37.8 Å². The molecule has 2 amide bonds. The largest absolute Gasteiger partial charge is 0.416 e. The molecular weight excluding hydrogens is 579 g/mol. The molecule has 12 heteroatoms. The van der Waals surface area contributed by atoms with E-state index in [2.05, 4.69) is 5.32 Å². The van der Waals surface area contributed by atoms with E-state index in [-0.39, 0.29) is 17.1 Å². The minimum Gasteiger partial charge on any atom is -0.354 e. The molecule has 0 saturated carbocycles. The van der Waals surface area contributed by atoms with Gasteiger partial charge in [-0.3, -0.25) is 13.9 Å². The molecule has 0 bridgehead atoms. The lowest BCUT2D eigenvalue weighted by Gasteiger charge is -2.32. The zero-order chi connectivity index (χ0) is 30.2. The first kappa shape index (κ1) is 32.0. The Hall–Kier alpha value is -3.57. The van der Waals surface area contributed by atoms with Gasteiger partial charge >= 0.3 is 6.18 Å². The Bertz CT molecular complexity index is 1450. The number of carbonyl (C=O) groups excluding carboxylic acids is 2. The summed E-state index contributed by atoms with van der Waals surface area (Å²) in [6.45, 7) is 2.90. The molecule has 0 heterocycles. The van der Waals surface area contributed by atoms with Crippen LogP contribution in [0.4, 0.5) is 18.9 Å². The highest BCUT2D eigenvalue weighted by molar-refractivity contribution is 7.92. The smallest absolute Gasteiger partial charge is 0.354 e. The SMILES string of the molecule is CCCCNC(=O)[C@@H](C)N(Cc1cccc(Cl)c1)C(=O)CN(c1cccc(C(F)(F)F)c1)S(=O)(=O)c1ccccc1. The van der Waals surface area contributed by atoms with Gasteiger partial charge in [0.15, 0.2) is 0 Å². The van der Waals surface area contributed by atoms with Crippen molar-refractivity contribution in [3.8, 4) is 0 Å². The molecule has 3 rings (SSSR count). The van der Waals surface area contributed by atoms with E-state index in [1.807, 2.05) is 6.92 Å². The van der Waals surface area contributed by atoms with E-state index in [0.717, 1.165) is 25.0 Å². The number of sulfonamides is 1. The van der Waals surface area contributed by atoms with Crippen molar-refractivity contribution in [1.29, 1.82) is 0 Å². The number of rotatable bonds is 12. The number of benzene rings is 3. The van der Waals surface area contributed by atoms with Gasteiger partial charge in [0.1, 0.15) is 12.6 Å². The topological polar surface area (TPSA) is 86.8 Å². The van der Waals surface area contributed by atoms with E-state index in [1.54, 1.807) is 30.3 Å². The summed E-state index contributed by atoms with van der Waals surface area (Å²) in [6.07, 6.45) is -3.19. The molecule has 0 aromatic heterocycles. The van der Waals surface area contributed by atoms with Crippen LogP contribution in [0.3, 0.4) is 0 Å². The quantitative estimate of drug-likeness (QED) is 0.260. The van der Waals surface area contributed by atoms with Crippen molar-refractivity contribution >= 4 is 39.1 Å². The third-order valence-corrected chi connectivity index (χ3v) is 8.33. The van der Waals surface area contributed by atoms with Crippen LogP contribution < -0.4 is 9.62 Å². The van der Waals surface area contributed by atoms with Crippen molar-refractivity contribution in [3.05, 3.63) is 95.0 Å². The minimum absolute atomic E-state index is 0.0937. The summed E-state index contributed by atoms with van der Waals surface area (Å²) in [5.41, 5.74) is -0.842. The summed E-state index contributed by atoms with van der Waals surface area (Å²) in [5.74, 6) is -1.25. The van der Waals surface area contributed by atoms with Gasteiger partial charge in [-0.25, -0.2) is 8.42 Å². The molecule has 0 aliphatic rings. The van der Waals surface area contributed by atoms with Gasteiger partial charge in [0, 0.05) is 18.1 Å². The first-order valence-electron chi connectivity index (χ1n) is 12.9. The highest BCUT2D eigenvalue weighted by Crippen LogP contribution is 2.33. The second kappa shape index (κ2) is 13.9. The second-order valence-electron chi connectivity index (χ2n) is 9.34. The Kier molecular flexibility index (Phi) is 10.8. The fourth-order valence-electron chi connectivity index (χ4n) is 4.04. The number of amides is 2. The average Bonchev–Trinajstić information content (AvgIpc) is 2.94. The monoisotopic (exact) mass is 609 g/mol. The van der Waals surface area contributed by atoms with Gasteiger partial charge in [-0.15, -0.1) is 0 Å². The Morgan fingerprint density at radius 1 is 0.976 bits per heavy atom. The number of anilines is 1. The summed E-state index contributed by atoms with van der Waals surface area (Å²) in [6, 6.07) is 16.4. The maximum Gasteiger partial charge on any atom is 0.416 e. The second-order valence-corrected chi connectivity index (χ2v) is 11.6. The van der Waals surface area contributed by atoms with E-state index >= 15 is 0 Å². The fraction of sp³-hybridized carbons (Fsp3) is 0.310. The number of nitrogens with one attached hydrogen (secondary N) is 1. The summed E-state index contributed by atoms with van der Waals surface area (Å²) >= 11 is 6.12. The molecule has 0 aliphatic heterocycles. The number of nitrogens with zero attached hydrogens (tertiary/aromatic N) is 2. The lowest BCUT2D eigenvalue weighted by molar-refractivity contribution is -0.139. The van der Waals surface area contributed by atoms with Crippen LogP contribution in [0.2, 0.25) is 5.02 Å². The van der Waals surface area contributed by atoms with Crippen LogP contribution in [0.15, 0.2) is 83.8 Å². The molecule has 0 unspecified atom stereocenters. The summed E-state index contributed by atoms with van der Waals surface area (Å²) in [5, 5.41) is 3.16. The molecular formula is C29H31ClF3N3O4S. The van der Waals surface area contributed by atoms with Crippen LogP contribution in [-0.4, -0.2) is 44.3 Å². The molecule has 7 nitrogen and oxygen atoms in total. The van der Waals surface area contributed by atoms with E-state index in [9.17, 15) is 31.2 Å². The Balaban J connectivity index is 2.05. The molecule has 0 fully saturated rings. The van der Waals surface area contributed by atoms with Crippen molar-refractivity contribution in [2.45, 2.75) is 50.3 Å². The third kappa shape index (κ3) is 8.46. The van der Waals surface area contributed by atoms with Crippen molar-refractivity contribution in [2.75, 3.05) is 17.4 Å². The van der Waals surface area contributed by atoms with E-state index < -0.39 is 46.2 Å². The molecule has 3 aromatic carbocycles. The lowest BCUT2D eigenvalue weighted by atomic mass is 10.1.